The van der Waals surface area contributed by atoms with E-state index >= 15 is 0 Å². The van der Waals surface area contributed by atoms with Gasteiger partial charge in [0.25, 0.3) is 11.8 Å². The summed E-state index contributed by atoms with van der Waals surface area (Å²) in [6.45, 7) is 0. The maximum absolute atomic E-state index is 12.8. The molecule has 2 saturated carbocycles. The number of methoxy groups -OCH3 is 1. The van der Waals surface area contributed by atoms with E-state index in [0.29, 0.717) is 11.8 Å². The molecule has 6 heteroatoms. The quantitative estimate of drug-likeness (QED) is 0.445. The van der Waals surface area contributed by atoms with Gasteiger partial charge in [-0.2, -0.15) is 10.1 Å². The predicted octanol–water partition coefficient (Wildman–Crippen LogP) is 2.84. The first-order valence-electron chi connectivity index (χ1n) is 8.54. The fraction of sp³-hybridized carbons (Fsp3) is 0.421. The van der Waals surface area contributed by atoms with Gasteiger partial charge in [0.1, 0.15) is 5.75 Å². The molecule has 1 saturated heterocycles. The average molecular weight is 401 g/mol. The summed E-state index contributed by atoms with van der Waals surface area (Å²) in [5.41, 5.74) is 0.798. The summed E-state index contributed by atoms with van der Waals surface area (Å²) >= 11 is 3.43. The molecule has 3 fully saturated rings. The van der Waals surface area contributed by atoms with Crippen LogP contribution in [0.4, 0.5) is 0 Å². The van der Waals surface area contributed by atoms with Gasteiger partial charge in [0, 0.05) is 0 Å². The number of halogens is 1. The zero-order valence-electron chi connectivity index (χ0n) is 13.6. The lowest BCUT2D eigenvalue weighted by Crippen LogP contribution is -2.40. The van der Waals surface area contributed by atoms with Crippen LogP contribution in [0.15, 0.2) is 39.9 Å². The Morgan fingerprint density at radius 3 is 2.36 bits per heavy atom. The van der Waals surface area contributed by atoms with Crippen molar-refractivity contribution in [2.24, 2.45) is 40.6 Å². The summed E-state index contributed by atoms with van der Waals surface area (Å²) in [5.74, 6) is 1.71. The van der Waals surface area contributed by atoms with Gasteiger partial charge in [-0.3, -0.25) is 9.59 Å². The summed E-state index contributed by atoms with van der Waals surface area (Å²) < 4.78 is 6.00. The van der Waals surface area contributed by atoms with Crippen molar-refractivity contribution < 1.29 is 14.3 Å². The molecule has 1 heterocycles. The number of benzene rings is 1. The molecule has 25 heavy (non-hydrogen) atoms. The van der Waals surface area contributed by atoms with E-state index in [1.54, 1.807) is 13.3 Å². The minimum atomic E-state index is -0.203. The van der Waals surface area contributed by atoms with Crippen LogP contribution in [0.1, 0.15) is 12.0 Å². The molecule has 128 valence electrons. The minimum absolute atomic E-state index is 0.136. The summed E-state index contributed by atoms with van der Waals surface area (Å²) in [4.78, 5) is 25.6. The van der Waals surface area contributed by atoms with E-state index in [2.05, 4.69) is 33.2 Å². The minimum Gasteiger partial charge on any atom is -0.496 e. The molecule has 2 bridgehead atoms. The fourth-order valence-electron chi connectivity index (χ4n) is 4.94. The summed E-state index contributed by atoms with van der Waals surface area (Å²) in [6.07, 6.45) is 7.06. The smallest absolute Gasteiger partial charge is 0.254 e. The van der Waals surface area contributed by atoms with E-state index in [9.17, 15) is 9.59 Å². The van der Waals surface area contributed by atoms with E-state index in [1.807, 2.05) is 18.2 Å². The lowest BCUT2D eigenvalue weighted by Gasteiger charge is -2.37. The molecule has 2 amide bonds. The lowest BCUT2D eigenvalue weighted by molar-refractivity contribution is -0.140. The number of hydrogen-bond donors (Lipinski definition) is 0. The van der Waals surface area contributed by atoms with Gasteiger partial charge in [-0.1, -0.05) is 12.2 Å². The van der Waals surface area contributed by atoms with Crippen LogP contribution < -0.4 is 4.74 Å². The average Bonchev–Trinajstić information content (AvgIpc) is 3.39. The number of hydrogen-bond acceptors (Lipinski definition) is 4. The van der Waals surface area contributed by atoms with Gasteiger partial charge in [-0.15, -0.1) is 0 Å². The van der Waals surface area contributed by atoms with Crippen molar-refractivity contribution in [2.75, 3.05) is 7.11 Å². The van der Waals surface area contributed by atoms with Gasteiger partial charge in [0.15, 0.2) is 0 Å². The third kappa shape index (κ3) is 2.09. The molecule has 6 atom stereocenters. The maximum atomic E-state index is 12.8. The summed E-state index contributed by atoms with van der Waals surface area (Å²) in [7, 11) is 1.60. The number of carbonyl (C=O) groups is 2. The van der Waals surface area contributed by atoms with Crippen LogP contribution in [-0.2, 0) is 9.59 Å². The first-order valence-corrected chi connectivity index (χ1v) is 9.33. The number of ether oxygens (including phenoxy) is 1. The van der Waals surface area contributed by atoms with Gasteiger partial charge in [0.05, 0.1) is 29.6 Å². The predicted molar refractivity (Wildman–Crippen MR) is 94.8 cm³/mol. The molecule has 1 aromatic carbocycles. The Hall–Kier alpha value is -1.95. The Bertz CT molecular complexity index is 813. The van der Waals surface area contributed by atoms with Gasteiger partial charge in [-0.25, -0.2) is 0 Å². The fourth-order valence-corrected chi connectivity index (χ4v) is 5.50. The third-order valence-corrected chi connectivity index (χ3v) is 6.76. The molecule has 1 aliphatic heterocycles. The van der Waals surface area contributed by atoms with E-state index in [1.165, 1.54) is 6.42 Å². The number of rotatable bonds is 3. The SMILES string of the molecule is COc1ccc(/C=N\N2C(=O)[C@H]3[C@@H]4C=C[C@H]([C@H]5C[C@H]45)[C@@H]3C2=O)cc1Br. The number of nitrogens with zero attached hydrogens (tertiary/aromatic N) is 2. The molecular formula is C19H17BrN2O3. The largest absolute Gasteiger partial charge is 0.496 e. The molecule has 6 rings (SSSR count). The van der Waals surface area contributed by atoms with Crippen molar-refractivity contribution in [1.29, 1.82) is 0 Å². The van der Waals surface area contributed by atoms with Crippen molar-refractivity contribution >= 4 is 34.0 Å². The zero-order valence-corrected chi connectivity index (χ0v) is 15.2. The number of imide groups is 1. The Kier molecular flexibility index (Phi) is 3.23. The molecule has 0 radical (unpaired) electrons. The number of allylic oxidation sites excluding steroid dienone is 2. The van der Waals surface area contributed by atoms with E-state index in [-0.39, 0.29) is 35.5 Å². The first kappa shape index (κ1) is 15.3. The standard InChI is InChI=1S/C19H17BrN2O3/c1-25-15-5-2-9(6-14(15)20)8-21-22-18(23)16-10-3-4-11(13-7-12(10)13)17(16)19(22)24/h2-6,8,10-13,16-17H,7H2,1H3/b21-8-/t10-,11-,12-,13-,16+,17+/m1/s1. The highest BCUT2D eigenvalue weighted by atomic mass is 79.9. The molecule has 5 aliphatic rings. The molecule has 0 spiro atoms. The Morgan fingerprint density at radius 2 is 1.80 bits per heavy atom. The second kappa shape index (κ2) is 5.27. The van der Waals surface area contributed by atoms with Crippen molar-refractivity contribution in [3.8, 4) is 5.75 Å². The number of hydrazone groups is 1. The van der Waals surface area contributed by atoms with Gasteiger partial charge < -0.3 is 4.74 Å². The van der Waals surface area contributed by atoms with E-state index in [4.69, 9.17) is 4.74 Å². The lowest BCUT2D eigenvalue weighted by atomic mass is 9.63. The van der Waals surface area contributed by atoms with Crippen LogP contribution in [0.2, 0.25) is 0 Å². The van der Waals surface area contributed by atoms with Crippen molar-refractivity contribution in [3.63, 3.8) is 0 Å². The molecular weight excluding hydrogens is 384 g/mol. The second-order valence-corrected chi connectivity index (χ2v) is 8.14. The molecule has 0 N–H and O–H groups in total. The normalized spacial score (nSPS) is 37.6. The zero-order chi connectivity index (χ0) is 17.3. The van der Waals surface area contributed by atoms with E-state index in [0.717, 1.165) is 20.8 Å². The first-order chi connectivity index (χ1) is 12.1. The van der Waals surface area contributed by atoms with Crippen LogP contribution in [0.25, 0.3) is 0 Å². The highest BCUT2D eigenvalue weighted by Gasteiger charge is 2.67. The van der Waals surface area contributed by atoms with Crippen LogP contribution in [0.3, 0.4) is 0 Å². The maximum Gasteiger partial charge on any atom is 0.254 e. The van der Waals surface area contributed by atoms with Crippen LogP contribution >= 0.6 is 15.9 Å². The Morgan fingerprint density at radius 1 is 1.16 bits per heavy atom. The Labute approximate surface area is 153 Å². The molecule has 5 nitrogen and oxygen atoms in total. The number of amides is 2. The number of carbonyl (C=O) groups excluding carboxylic acids is 2. The van der Waals surface area contributed by atoms with Gasteiger partial charge >= 0.3 is 0 Å². The van der Waals surface area contributed by atoms with Gasteiger partial charge in [0.2, 0.25) is 0 Å². The third-order valence-electron chi connectivity index (χ3n) is 6.14. The monoisotopic (exact) mass is 400 g/mol. The van der Waals surface area contributed by atoms with Crippen LogP contribution in [0.5, 0.6) is 5.75 Å². The van der Waals surface area contributed by atoms with Gasteiger partial charge in [-0.05, 0) is 69.8 Å². The molecule has 0 aromatic heterocycles. The van der Waals surface area contributed by atoms with Crippen molar-refractivity contribution in [3.05, 3.63) is 40.4 Å². The van der Waals surface area contributed by atoms with E-state index < -0.39 is 0 Å². The summed E-state index contributed by atoms with van der Waals surface area (Å²) in [5, 5.41) is 5.34. The van der Waals surface area contributed by atoms with Crippen molar-refractivity contribution in [1.82, 2.24) is 5.01 Å². The van der Waals surface area contributed by atoms with Crippen molar-refractivity contribution in [2.45, 2.75) is 6.42 Å². The highest BCUT2D eigenvalue weighted by molar-refractivity contribution is 9.10. The second-order valence-electron chi connectivity index (χ2n) is 7.28. The summed E-state index contributed by atoms with van der Waals surface area (Å²) in [6, 6.07) is 5.50. The molecule has 1 aromatic rings. The van der Waals surface area contributed by atoms with Crippen LogP contribution in [-0.4, -0.2) is 30.1 Å². The molecule has 0 unspecified atom stereocenters. The topological polar surface area (TPSA) is 59.0 Å². The highest BCUT2D eigenvalue weighted by Crippen LogP contribution is 2.65. The Balaban J connectivity index is 1.41. The van der Waals surface area contributed by atoms with Crippen LogP contribution in [0, 0.1) is 35.5 Å². The molecule has 4 aliphatic carbocycles.